The summed E-state index contributed by atoms with van der Waals surface area (Å²) in [5.41, 5.74) is 2.51. The zero-order valence-electron chi connectivity index (χ0n) is 15.6. The van der Waals surface area contributed by atoms with Crippen LogP contribution in [0.1, 0.15) is 62.7 Å². The van der Waals surface area contributed by atoms with E-state index in [0.29, 0.717) is 24.5 Å². The Kier molecular flexibility index (Phi) is 5.29. The molecule has 1 fully saturated rings. The van der Waals surface area contributed by atoms with Gasteiger partial charge in [-0.3, -0.25) is 9.59 Å². The Morgan fingerprint density at radius 3 is 3.00 bits per heavy atom. The van der Waals surface area contributed by atoms with Crippen LogP contribution in [0, 0.1) is 12.8 Å². The molecule has 2 amide bonds. The first-order valence-electron chi connectivity index (χ1n) is 9.72. The largest absolute Gasteiger partial charge is 0.361 e. The van der Waals surface area contributed by atoms with Gasteiger partial charge in [-0.15, -0.1) is 11.3 Å². The molecule has 0 radical (unpaired) electrons. The number of nitrogens with zero attached hydrogens (tertiary/aromatic N) is 2. The van der Waals surface area contributed by atoms with Crippen LogP contribution in [0.4, 0.5) is 0 Å². The normalized spacial score (nSPS) is 19.6. The maximum atomic E-state index is 13.1. The summed E-state index contributed by atoms with van der Waals surface area (Å²) in [6, 6.07) is 1.63. The summed E-state index contributed by atoms with van der Waals surface area (Å²) in [6.07, 6.45) is 6.55. The number of likely N-dealkylation sites (tertiary alicyclic amines) is 1. The van der Waals surface area contributed by atoms with Crippen molar-refractivity contribution in [2.24, 2.45) is 5.92 Å². The number of hydrogen-bond donors (Lipinski definition) is 1. The fraction of sp³-hybridized carbons (Fsp3) is 0.550. The fourth-order valence-electron chi connectivity index (χ4n) is 4.06. The molecule has 1 saturated heterocycles. The van der Waals surface area contributed by atoms with Gasteiger partial charge in [0.05, 0.1) is 5.56 Å². The summed E-state index contributed by atoms with van der Waals surface area (Å²) in [6.45, 7) is 3.81. The number of amides is 2. The number of rotatable bonds is 4. The molecule has 0 aromatic carbocycles. The van der Waals surface area contributed by atoms with E-state index in [1.807, 2.05) is 4.90 Å². The summed E-state index contributed by atoms with van der Waals surface area (Å²) in [5, 5.41) is 8.73. The SMILES string of the molecule is Cc1cc(C(=O)NCC2CCCN(C(=O)c3csc4c3CCCC4)C2)no1. The fourth-order valence-corrected chi connectivity index (χ4v) is 5.18. The molecule has 6 nitrogen and oxygen atoms in total. The quantitative estimate of drug-likeness (QED) is 0.874. The summed E-state index contributed by atoms with van der Waals surface area (Å²) < 4.78 is 4.95. The molecule has 0 spiro atoms. The van der Waals surface area contributed by atoms with Gasteiger partial charge in [0.25, 0.3) is 11.8 Å². The van der Waals surface area contributed by atoms with Crippen molar-refractivity contribution in [3.05, 3.63) is 38.9 Å². The third-order valence-electron chi connectivity index (χ3n) is 5.51. The Morgan fingerprint density at radius 2 is 2.19 bits per heavy atom. The average Bonchev–Trinajstić information content (AvgIpc) is 3.32. The van der Waals surface area contributed by atoms with E-state index in [4.69, 9.17) is 4.52 Å². The first-order chi connectivity index (χ1) is 13.1. The number of aryl methyl sites for hydroxylation is 2. The summed E-state index contributed by atoms with van der Waals surface area (Å²) in [5.74, 6) is 0.836. The highest BCUT2D eigenvalue weighted by molar-refractivity contribution is 7.10. The zero-order chi connectivity index (χ0) is 18.8. The Bertz CT molecular complexity index is 841. The van der Waals surface area contributed by atoms with Crippen LogP contribution in [-0.4, -0.2) is 41.5 Å². The molecule has 7 heteroatoms. The number of carbonyl (C=O) groups is 2. The van der Waals surface area contributed by atoms with E-state index >= 15 is 0 Å². The Hall–Kier alpha value is -2.15. The molecule has 1 atom stereocenters. The molecule has 144 valence electrons. The average molecular weight is 388 g/mol. The number of aromatic nitrogens is 1. The van der Waals surface area contributed by atoms with Gasteiger partial charge in [0.2, 0.25) is 0 Å². The van der Waals surface area contributed by atoms with Crippen molar-refractivity contribution in [2.45, 2.75) is 45.4 Å². The summed E-state index contributed by atoms with van der Waals surface area (Å²) in [4.78, 5) is 28.6. The van der Waals surface area contributed by atoms with Crippen LogP contribution in [0.3, 0.4) is 0 Å². The van der Waals surface area contributed by atoms with Crippen molar-refractivity contribution in [3.63, 3.8) is 0 Å². The Balaban J connectivity index is 1.36. The molecule has 27 heavy (non-hydrogen) atoms. The second-order valence-corrected chi connectivity index (χ2v) is 8.51. The molecule has 0 saturated carbocycles. The molecule has 2 aromatic rings. The number of piperidine rings is 1. The van der Waals surface area contributed by atoms with Gasteiger partial charge in [-0.2, -0.15) is 0 Å². The van der Waals surface area contributed by atoms with Gasteiger partial charge in [-0.05, 0) is 56.9 Å². The van der Waals surface area contributed by atoms with E-state index in [0.717, 1.165) is 37.8 Å². The van der Waals surface area contributed by atoms with E-state index in [2.05, 4.69) is 15.9 Å². The smallest absolute Gasteiger partial charge is 0.273 e. The van der Waals surface area contributed by atoms with Crippen LogP contribution < -0.4 is 5.32 Å². The Morgan fingerprint density at radius 1 is 1.33 bits per heavy atom. The highest BCUT2D eigenvalue weighted by Crippen LogP contribution is 2.31. The van der Waals surface area contributed by atoms with Crippen LogP contribution >= 0.6 is 11.3 Å². The molecule has 2 aliphatic rings. The summed E-state index contributed by atoms with van der Waals surface area (Å²) in [7, 11) is 0. The van der Waals surface area contributed by atoms with Gasteiger partial charge in [0.1, 0.15) is 5.76 Å². The predicted octanol–water partition coefficient (Wildman–Crippen LogP) is 3.21. The van der Waals surface area contributed by atoms with Crippen LogP contribution in [0.25, 0.3) is 0 Å². The van der Waals surface area contributed by atoms with Gasteiger partial charge in [0.15, 0.2) is 5.69 Å². The van der Waals surface area contributed by atoms with Crippen LogP contribution in [-0.2, 0) is 12.8 Å². The van der Waals surface area contributed by atoms with Crippen molar-refractivity contribution in [2.75, 3.05) is 19.6 Å². The van der Waals surface area contributed by atoms with Gasteiger partial charge in [-0.25, -0.2) is 0 Å². The van der Waals surface area contributed by atoms with Crippen LogP contribution in [0.5, 0.6) is 0 Å². The first-order valence-corrected chi connectivity index (χ1v) is 10.6. The second kappa shape index (κ2) is 7.84. The van der Waals surface area contributed by atoms with Crippen molar-refractivity contribution < 1.29 is 14.1 Å². The van der Waals surface area contributed by atoms with E-state index in [1.165, 1.54) is 23.3 Å². The molecule has 2 aromatic heterocycles. The zero-order valence-corrected chi connectivity index (χ0v) is 16.4. The standard InChI is InChI=1S/C20H25N3O3S/c1-13-9-17(22-26-13)19(24)21-10-14-5-4-8-23(11-14)20(25)16-12-27-18-7-3-2-6-15(16)18/h9,12,14H,2-8,10-11H2,1H3,(H,21,24). The molecule has 1 N–H and O–H groups in total. The number of carbonyl (C=O) groups excluding carboxylic acids is 2. The number of nitrogens with one attached hydrogen (secondary N) is 1. The highest BCUT2D eigenvalue weighted by Gasteiger charge is 2.28. The molecular weight excluding hydrogens is 362 g/mol. The van der Waals surface area contributed by atoms with E-state index in [1.54, 1.807) is 24.3 Å². The van der Waals surface area contributed by atoms with Crippen LogP contribution in [0.15, 0.2) is 16.0 Å². The molecule has 0 bridgehead atoms. The topological polar surface area (TPSA) is 75.4 Å². The van der Waals surface area contributed by atoms with Crippen molar-refractivity contribution in [1.82, 2.24) is 15.4 Å². The molecule has 1 unspecified atom stereocenters. The lowest BCUT2D eigenvalue weighted by molar-refractivity contribution is 0.0670. The summed E-state index contributed by atoms with van der Waals surface area (Å²) >= 11 is 1.74. The minimum Gasteiger partial charge on any atom is -0.361 e. The lowest BCUT2D eigenvalue weighted by Gasteiger charge is -2.33. The lowest BCUT2D eigenvalue weighted by Crippen LogP contribution is -2.44. The van der Waals surface area contributed by atoms with Crippen molar-refractivity contribution in [3.8, 4) is 0 Å². The maximum absolute atomic E-state index is 13.1. The van der Waals surface area contributed by atoms with E-state index in [-0.39, 0.29) is 17.7 Å². The van der Waals surface area contributed by atoms with E-state index < -0.39 is 0 Å². The lowest BCUT2D eigenvalue weighted by atomic mass is 9.94. The second-order valence-electron chi connectivity index (χ2n) is 7.55. The highest BCUT2D eigenvalue weighted by atomic mass is 32.1. The molecule has 3 heterocycles. The minimum absolute atomic E-state index is 0.164. The van der Waals surface area contributed by atoms with Crippen LogP contribution in [0.2, 0.25) is 0 Å². The third-order valence-corrected chi connectivity index (χ3v) is 6.60. The molecule has 4 rings (SSSR count). The van der Waals surface area contributed by atoms with Crippen molar-refractivity contribution in [1.29, 1.82) is 0 Å². The van der Waals surface area contributed by atoms with Gasteiger partial charge in [0, 0.05) is 36.0 Å². The Labute approximate surface area is 162 Å². The number of hydrogen-bond acceptors (Lipinski definition) is 5. The van der Waals surface area contributed by atoms with Crippen molar-refractivity contribution >= 4 is 23.2 Å². The first kappa shape index (κ1) is 18.2. The maximum Gasteiger partial charge on any atom is 0.273 e. The monoisotopic (exact) mass is 387 g/mol. The minimum atomic E-state index is -0.220. The van der Waals surface area contributed by atoms with Gasteiger partial charge in [-0.1, -0.05) is 5.16 Å². The molecule has 1 aliphatic carbocycles. The predicted molar refractivity (Wildman–Crippen MR) is 103 cm³/mol. The molecule has 1 aliphatic heterocycles. The van der Waals surface area contributed by atoms with Gasteiger partial charge >= 0.3 is 0 Å². The number of thiophene rings is 1. The van der Waals surface area contributed by atoms with Gasteiger partial charge < -0.3 is 14.7 Å². The third kappa shape index (κ3) is 3.93. The van der Waals surface area contributed by atoms with E-state index in [9.17, 15) is 9.59 Å². The molecular formula is C20H25N3O3S. The number of fused-ring (bicyclic) bond motifs is 1.